The molecule has 0 radical (unpaired) electrons. The van der Waals surface area contributed by atoms with Crippen molar-refractivity contribution in [3.63, 3.8) is 0 Å². The molecule has 4 heteroatoms. The van der Waals surface area contributed by atoms with Gasteiger partial charge in [-0.05, 0) is 56.8 Å². The van der Waals surface area contributed by atoms with Gasteiger partial charge in [-0.2, -0.15) is 0 Å². The zero-order valence-electron chi connectivity index (χ0n) is 58.2. The van der Waals surface area contributed by atoms with Gasteiger partial charge in [0.15, 0.2) is 0 Å². The molecule has 1 rings (SSSR count). The highest BCUT2D eigenvalue weighted by Gasteiger charge is 2.41. The molecule has 1 fully saturated rings. The number of aliphatic hydroxyl groups excluding tert-OH is 1. The molecule has 6 atom stereocenters. The third-order valence-electron chi connectivity index (χ3n) is 20.1. The lowest BCUT2D eigenvalue weighted by atomic mass is 9.91. The predicted molar refractivity (Wildman–Crippen MR) is 374 cm³/mol. The summed E-state index contributed by atoms with van der Waals surface area (Å²) in [7, 11) is 0. The first-order chi connectivity index (χ1) is 41.4. The van der Waals surface area contributed by atoms with Gasteiger partial charge in [0, 0.05) is 0 Å². The number of carboxylic acid groups (broad SMARTS) is 1. The van der Waals surface area contributed by atoms with Crippen LogP contribution in [-0.2, 0) is 9.53 Å². The Morgan fingerprint density at radius 3 is 0.929 bits per heavy atom. The summed E-state index contributed by atoms with van der Waals surface area (Å²) < 4.78 is 6.14. The van der Waals surface area contributed by atoms with Gasteiger partial charge in [-0.3, -0.25) is 4.79 Å². The third kappa shape index (κ3) is 58.8. The number of aliphatic hydroxyl groups is 1. The Bertz CT molecular complexity index is 1300. The van der Waals surface area contributed by atoms with Gasteiger partial charge in [-0.1, -0.05) is 425 Å². The largest absolute Gasteiger partial charge is 0.481 e. The molecule has 0 saturated carbocycles. The zero-order chi connectivity index (χ0) is 60.5. The van der Waals surface area contributed by atoms with Gasteiger partial charge < -0.3 is 14.9 Å². The number of unbranched alkanes of at least 4 members (excludes halogenated alkanes) is 58. The van der Waals surface area contributed by atoms with Crippen molar-refractivity contribution in [2.45, 2.75) is 476 Å². The lowest BCUT2D eigenvalue weighted by molar-refractivity contribution is -0.146. The van der Waals surface area contributed by atoms with Crippen LogP contribution in [0, 0.1) is 17.8 Å². The van der Waals surface area contributed by atoms with Crippen molar-refractivity contribution >= 4 is 5.97 Å². The van der Waals surface area contributed by atoms with Gasteiger partial charge in [0.1, 0.15) is 0 Å². The first kappa shape index (κ1) is 81.1. The van der Waals surface area contributed by atoms with E-state index >= 15 is 0 Å². The fourth-order valence-electron chi connectivity index (χ4n) is 13.9. The first-order valence-electron chi connectivity index (χ1n) is 39.6. The van der Waals surface area contributed by atoms with Crippen LogP contribution in [0.4, 0.5) is 0 Å². The maximum Gasteiger partial charge on any atom is 0.309 e. The Morgan fingerprint density at radius 2 is 0.607 bits per heavy atom. The second kappa shape index (κ2) is 66.5. The van der Waals surface area contributed by atoms with Crippen LogP contribution in [0.3, 0.4) is 0 Å². The molecule has 0 aromatic heterocycles. The van der Waals surface area contributed by atoms with E-state index in [1.54, 1.807) is 0 Å². The Hall–Kier alpha value is -0.870. The molecular weight excluding hydrogens is 1020 g/mol. The van der Waals surface area contributed by atoms with Crippen LogP contribution >= 0.6 is 0 Å². The molecule has 0 unspecified atom stereocenters. The fourth-order valence-corrected chi connectivity index (χ4v) is 13.9. The Balaban J connectivity index is 1.76. The molecule has 0 aliphatic carbocycles. The number of epoxide rings is 1. The molecule has 2 N–H and O–H groups in total. The normalized spacial score (nSPS) is 15.8. The van der Waals surface area contributed by atoms with Crippen LogP contribution in [0.15, 0.2) is 12.2 Å². The van der Waals surface area contributed by atoms with Crippen molar-refractivity contribution in [2.75, 3.05) is 0 Å². The second-order valence-corrected chi connectivity index (χ2v) is 28.6. The first-order valence-corrected chi connectivity index (χ1v) is 39.6. The smallest absolute Gasteiger partial charge is 0.309 e. The van der Waals surface area contributed by atoms with Crippen molar-refractivity contribution in [1.29, 1.82) is 0 Å². The number of ether oxygens (including phenoxy) is 1. The molecule has 500 valence electrons. The average molecular weight is 1180 g/mol. The summed E-state index contributed by atoms with van der Waals surface area (Å²) in [5, 5.41) is 20.5. The van der Waals surface area contributed by atoms with E-state index in [1.807, 2.05) is 0 Å². The number of hydrogen-bond acceptors (Lipinski definition) is 3. The number of hydrogen-bond donors (Lipinski definition) is 2. The lowest BCUT2D eigenvalue weighted by Gasteiger charge is -2.19. The third-order valence-corrected chi connectivity index (χ3v) is 20.1. The standard InChI is InChI=1S/C80H156O4/c1-5-7-9-11-13-15-17-19-21-22-23-24-27-30-34-41-47-53-59-65-71-76(80(82)83)77(81)72-66-60-54-48-42-35-31-28-25-26-29-32-38-44-50-56-62-68-74(3)69-63-57-51-45-39-36-37-43-49-55-61-67-73-78-79(84-78)75(4)70-64-58-52-46-40-33-20-18-16-14-12-10-8-6-2/h63,69,74-79,81H,5-62,64-68,70-73H2,1-4H3,(H,82,83)/t74-,75-,76-,77-,78+,79+/m1/s1. The number of carbonyl (C=O) groups is 1. The summed E-state index contributed by atoms with van der Waals surface area (Å²) >= 11 is 0. The molecule has 0 amide bonds. The summed E-state index contributed by atoms with van der Waals surface area (Å²) in [5.41, 5.74) is 0. The molecule has 0 spiro atoms. The summed E-state index contributed by atoms with van der Waals surface area (Å²) in [6, 6.07) is 0. The molecule has 0 aromatic carbocycles. The van der Waals surface area contributed by atoms with E-state index in [9.17, 15) is 15.0 Å². The number of rotatable bonds is 73. The van der Waals surface area contributed by atoms with Crippen molar-refractivity contribution in [3.8, 4) is 0 Å². The fraction of sp³-hybridized carbons (Fsp3) is 0.963. The zero-order valence-corrected chi connectivity index (χ0v) is 58.2. The van der Waals surface area contributed by atoms with E-state index in [1.165, 1.54) is 392 Å². The summed E-state index contributed by atoms with van der Waals surface area (Å²) in [4.78, 5) is 11.9. The predicted octanol–water partition coefficient (Wildman–Crippen LogP) is 27.8. The molecule has 1 heterocycles. The van der Waals surface area contributed by atoms with Crippen LogP contribution in [0.1, 0.15) is 458 Å². The van der Waals surface area contributed by atoms with E-state index in [-0.39, 0.29) is 0 Å². The summed E-state index contributed by atoms with van der Waals surface area (Å²) in [6.07, 6.45) is 96.4. The van der Waals surface area contributed by atoms with E-state index in [0.29, 0.717) is 25.0 Å². The Morgan fingerprint density at radius 1 is 0.345 bits per heavy atom. The number of allylic oxidation sites excluding steroid dienone is 2. The van der Waals surface area contributed by atoms with Gasteiger partial charge in [-0.15, -0.1) is 0 Å². The van der Waals surface area contributed by atoms with Gasteiger partial charge in [0.05, 0.1) is 24.2 Å². The topological polar surface area (TPSA) is 70.1 Å². The van der Waals surface area contributed by atoms with E-state index in [4.69, 9.17) is 4.74 Å². The highest BCUT2D eigenvalue weighted by molar-refractivity contribution is 5.70. The Kier molecular flexibility index (Phi) is 64.3. The number of carboxylic acids is 1. The molecule has 0 bridgehead atoms. The van der Waals surface area contributed by atoms with E-state index in [0.717, 1.165) is 37.5 Å². The highest BCUT2D eigenvalue weighted by atomic mass is 16.6. The minimum Gasteiger partial charge on any atom is -0.481 e. The van der Waals surface area contributed by atoms with Crippen LogP contribution in [0.2, 0.25) is 0 Å². The van der Waals surface area contributed by atoms with Gasteiger partial charge in [-0.25, -0.2) is 0 Å². The molecule has 0 aromatic rings. The number of aliphatic carboxylic acids is 1. The lowest BCUT2D eigenvalue weighted by Crippen LogP contribution is -2.28. The van der Waals surface area contributed by atoms with Crippen molar-refractivity contribution < 1.29 is 19.7 Å². The van der Waals surface area contributed by atoms with Crippen molar-refractivity contribution in [3.05, 3.63) is 12.2 Å². The molecule has 1 saturated heterocycles. The minimum absolute atomic E-state index is 0.581. The minimum atomic E-state index is -0.801. The second-order valence-electron chi connectivity index (χ2n) is 28.6. The Labute approximate surface area is 529 Å². The van der Waals surface area contributed by atoms with Crippen LogP contribution in [0.25, 0.3) is 0 Å². The highest BCUT2D eigenvalue weighted by Crippen LogP contribution is 2.36. The van der Waals surface area contributed by atoms with Gasteiger partial charge in [0.25, 0.3) is 0 Å². The van der Waals surface area contributed by atoms with Crippen LogP contribution in [-0.4, -0.2) is 34.5 Å². The molecule has 1 aliphatic heterocycles. The maximum absolute atomic E-state index is 11.9. The van der Waals surface area contributed by atoms with Gasteiger partial charge >= 0.3 is 5.97 Å². The van der Waals surface area contributed by atoms with Gasteiger partial charge in [0.2, 0.25) is 0 Å². The van der Waals surface area contributed by atoms with E-state index < -0.39 is 18.0 Å². The quantitative estimate of drug-likeness (QED) is 0.0362. The average Bonchev–Trinajstić information content (AvgIpc) is 4.49. The van der Waals surface area contributed by atoms with Crippen LogP contribution in [0.5, 0.6) is 0 Å². The van der Waals surface area contributed by atoms with Crippen molar-refractivity contribution in [1.82, 2.24) is 0 Å². The summed E-state index contributed by atoms with van der Waals surface area (Å²) in [6.45, 7) is 9.48. The monoisotopic (exact) mass is 1180 g/mol. The van der Waals surface area contributed by atoms with Crippen molar-refractivity contribution in [2.24, 2.45) is 17.8 Å². The molecule has 84 heavy (non-hydrogen) atoms. The maximum atomic E-state index is 11.9. The van der Waals surface area contributed by atoms with Crippen LogP contribution < -0.4 is 0 Å². The molecule has 4 nitrogen and oxygen atoms in total. The molecule has 1 aliphatic rings. The summed E-state index contributed by atoms with van der Waals surface area (Å²) in [5.74, 6) is 0.125. The SMILES string of the molecule is CCCCCCCCCCCCCCCCCCCCCC[C@@H](C(=O)O)[C@H](O)CCCCCCCCCCCCCCCCCCC[C@@H](C)C=CCCCCCCCCCCCC[C@@H]1O[C@H]1[C@H](C)CCCCCCCCCCCCCCCC. The van der Waals surface area contributed by atoms with E-state index in [2.05, 4.69) is 39.8 Å². The molecular formula is C80H156O4.